The summed E-state index contributed by atoms with van der Waals surface area (Å²) in [6.07, 6.45) is 0. The van der Waals surface area contributed by atoms with Crippen molar-refractivity contribution in [1.82, 2.24) is 30.1 Å². The molecule has 1 N–H and O–H groups in total. The first-order valence-electron chi connectivity index (χ1n) is 12.5. The summed E-state index contributed by atoms with van der Waals surface area (Å²) in [5.41, 5.74) is 5.99. The van der Waals surface area contributed by atoms with Crippen molar-refractivity contribution < 1.29 is 4.74 Å². The minimum atomic E-state index is -0.399. The number of rotatable bonds is 7. The molecule has 0 unspecified atom stereocenters. The number of hydrogen-bond donors (Lipinski definition) is 1. The van der Waals surface area contributed by atoms with Crippen molar-refractivity contribution in [1.29, 1.82) is 0 Å². The van der Waals surface area contributed by atoms with Gasteiger partial charge in [0.05, 0.1) is 13.2 Å². The maximum absolute atomic E-state index is 13.5. The third kappa shape index (κ3) is 5.12. The van der Waals surface area contributed by atoms with Gasteiger partial charge in [-0.25, -0.2) is 4.68 Å². The smallest absolute Gasteiger partial charge is 0.253 e. The minimum absolute atomic E-state index is 0.129. The quantitative estimate of drug-likeness (QED) is 0.397. The lowest BCUT2D eigenvalue weighted by Crippen LogP contribution is -2.49. The van der Waals surface area contributed by atoms with Gasteiger partial charge in [-0.1, -0.05) is 17.7 Å². The molecule has 0 amide bonds. The molecule has 9 nitrogen and oxygen atoms in total. The van der Waals surface area contributed by atoms with Crippen LogP contribution in [0.25, 0.3) is 10.9 Å². The Bertz CT molecular complexity index is 1470. The second-order valence-electron chi connectivity index (χ2n) is 9.69. The fraction of sp³-hybridized carbons (Fsp3) is 0.407. The largest absolute Gasteiger partial charge is 0.383 e. The molecule has 4 aromatic rings. The molecular formula is C27H32ClN7O2. The molecule has 3 heterocycles. The van der Waals surface area contributed by atoms with Crippen molar-refractivity contribution in [3.05, 3.63) is 79.9 Å². The van der Waals surface area contributed by atoms with Gasteiger partial charge < -0.3 is 14.6 Å². The van der Waals surface area contributed by atoms with Crippen LogP contribution in [0, 0.1) is 20.8 Å². The monoisotopic (exact) mass is 521 g/mol. The Labute approximate surface area is 221 Å². The maximum Gasteiger partial charge on any atom is 0.253 e. The van der Waals surface area contributed by atoms with Gasteiger partial charge in [0.1, 0.15) is 6.04 Å². The van der Waals surface area contributed by atoms with Gasteiger partial charge in [-0.15, -0.1) is 5.10 Å². The molecule has 1 aliphatic rings. The summed E-state index contributed by atoms with van der Waals surface area (Å²) >= 11 is 6.30. The van der Waals surface area contributed by atoms with Crippen LogP contribution in [-0.2, 0) is 11.3 Å². The van der Waals surface area contributed by atoms with E-state index in [0.717, 1.165) is 53.4 Å². The number of halogens is 1. The fourth-order valence-electron chi connectivity index (χ4n) is 5.08. The second-order valence-corrected chi connectivity index (χ2v) is 10.1. The SMILES string of the molecule is COCCn1nnnc1[C@H](c1cc2cc(C)c(C)cc2[nH]c1=O)N1CCN(c2cc(Cl)ccc2C)CC1. The number of H-pyrrole nitrogens is 1. The third-order valence-corrected chi connectivity index (χ3v) is 7.52. The fourth-order valence-corrected chi connectivity index (χ4v) is 5.25. The van der Waals surface area contributed by atoms with E-state index in [1.807, 2.05) is 24.3 Å². The van der Waals surface area contributed by atoms with Crippen LogP contribution in [-0.4, -0.2) is 70.0 Å². The number of fused-ring (bicyclic) bond motifs is 1. The molecule has 5 rings (SSSR count). The zero-order valence-electron chi connectivity index (χ0n) is 21.7. The van der Waals surface area contributed by atoms with Gasteiger partial charge in [-0.05, 0) is 83.6 Å². The zero-order chi connectivity index (χ0) is 26.1. The van der Waals surface area contributed by atoms with Crippen LogP contribution in [0.3, 0.4) is 0 Å². The Morgan fingerprint density at radius 3 is 2.54 bits per heavy atom. The number of aromatic amines is 1. The van der Waals surface area contributed by atoms with Crippen LogP contribution in [0.2, 0.25) is 5.02 Å². The molecule has 0 saturated carbocycles. The molecule has 37 heavy (non-hydrogen) atoms. The van der Waals surface area contributed by atoms with E-state index in [-0.39, 0.29) is 5.56 Å². The van der Waals surface area contributed by atoms with E-state index in [1.165, 1.54) is 11.1 Å². The number of ether oxygens (including phenoxy) is 1. The van der Waals surface area contributed by atoms with Gasteiger partial charge in [0.25, 0.3) is 5.56 Å². The van der Waals surface area contributed by atoms with E-state index >= 15 is 0 Å². The summed E-state index contributed by atoms with van der Waals surface area (Å²) in [5, 5.41) is 14.3. The Kier molecular flexibility index (Phi) is 7.28. The first kappa shape index (κ1) is 25.4. The topological polar surface area (TPSA) is 92.2 Å². The minimum Gasteiger partial charge on any atom is -0.383 e. The number of piperazine rings is 1. The van der Waals surface area contributed by atoms with Crippen LogP contribution < -0.4 is 10.5 Å². The summed E-state index contributed by atoms with van der Waals surface area (Å²) in [4.78, 5) is 21.2. The average Bonchev–Trinajstić information content (AvgIpc) is 3.34. The normalized spacial score (nSPS) is 15.4. The van der Waals surface area contributed by atoms with E-state index in [0.29, 0.717) is 24.5 Å². The number of aromatic nitrogens is 5. The number of nitrogens with zero attached hydrogens (tertiary/aromatic N) is 6. The number of benzene rings is 2. The van der Waals surface area contributed by atoms with Crippen molar-refractivity contribution >= 4 is 28.2 Å². The van der Waals surface area contributed by atoms with Crippen LogP contribution in [0.5, 0.6) is 0 Å². The Hall–Kier alpha value is -3.27. The van der Waals surface area contributed by atoms with Crippen LogP contribution >= 0.6 is 11.6 Å². The Balaban J connectivity index is 1.53. The van der Waals surface area contributed by atoms with Crippen LogP contribution in [0.15, 0.2) is 41.2 Å². The van der Waals surface area contributed by atoms with Crippen molar-refractivity contribution in [2.75, 3.05) is 44.8 Å². The highest BCUT2D eigenvalue weighted by Gasteiger charge is 2.33. The Morgan fingerprint density at radius 2 is 1.78 bits per heavy atom. The summed E-state index contributed by atoms with van der Waals surface area (Å²) in [6, 6.07) is 11.7. The molecular weight excluding hydrogens is 490 g/mol. The lowest BCUT2D eigenvalue weighted by atomic mass is 10.00. The summed E-state index contributed by atoms with van der Waals surface area (Å²) in [6.45, 7) is 10.3. The highest BCUT2D eigenvalue weighted by atomic mass is 35.5. The van der Waals surface area contributed by atoms with E-state index in [2.05, 4.69) is 63.2 Å². The number of tetrazole rings is 1. The molecule has 1 aliphatic heterocycles. The Morgan fingerprint density at radius 1 is 1.03 bits per heavy atom. The first-order valence-corrected chi connectivity index (χ1v) is 12.9. The molecule has 0 radical (unpaired) electrons. The van der Waals surface area contributed by atoms with Gasteiger partial charge in [0.15, 0.2) is 5.82 Å². The predicted molar refractivity (Wildman–Crippen MR) is 146 cm³/mol. The van der Waals surface area contributed by atoms with E-state index in [4.69, 9.17) is 16.3 Å². The van der Waals surface area contributed by atoms with E-state index in [9.17, 15) is 4.79 Å². The van der Waals surface area contributed by atoms with Crippen LogP contribution in [0.1, 0.15) is 34.1 Å². The number of nitrogens with one attached hydrogen (secondary N) is 1. The summed E-state index contributed by atoms with van der Waals surface area (Å²) in [7, 11) is 1.65. The molecule has 0 aliphatic carbocycles. The molecule has 0 bridgehead atoms. The van der Waals surface area contributed by atoms with Gasteiger partial charge in [0, 0.05) is 55.1 Å². The lowest BCUT2D eigenvalue weighted by Gasteiger charge is -2.40. The number of anilines is 1. The predicted octanol–water partition coefficient (Wildman–Crippen LogP) is 3.65. The van der Waals surface area contributed by atoms with Gasteiger partial charge >= 0.3 is 0 Å². The highest BCUT2D eigenvalue weighted by molar-refractivity contribution is 6.30. The number of hydrogen-bond acceptors (Lipinski definition) is 7. The van der Waals surface area contributed by atoms with E-state index < -0.39 is 6.04 Å². The number of aryl methyl sites for hydroxylation is 3. The zero-order valence-corrected chi connectivity index (χ0v) is 22.4. The molecule has 1 saturated heterocycles. The average molecular weight is 522 g/mol. The molecule has 194 valence electrons. The van der Waals surface area contributed by atoms with Crippen molar-refractivity contribution in [2.45, 2.75) is 33.4 Å². The van der Waals surface area contributed by atoms with Gasteiger partial charge in [0.2, 0.25) is 0 Å². The molecule has 2 aromatic carbocycles. The van der Waals surface area contributed by atoms with E-state index in [1.54, 1.807) is 11.8 Å². The second kappa shape index (κ2) is 10.6. The molecule has 10 heteroatoms. The standard InChI is InChI=1S/C27H32ClN7O2/c1-17-5-6-21(28)16-24(17)33-7-9-34(10-8-33)25(26-30-31-32-35(26)11-12-37-4)22-15-20-13-18(2)19(3)14-23(20)29-27(22)36/h5-6,13-16,25H,7-12H2,1-4H3,(H,29,36)/t25-/m0/s1. The highest BCUT2D eigenvalue weighted by Crippen LogP contribution is 2.31. The van der Waals surface area contributed by atoms with Crippen molar-refractivity contribution in [3.63, 3.8) is 0 Å². The molecule has 2 aromatic heterocycles. The maximum atomic E-state index is 13.5. The number of methoxy groups -OCH3 is 1. The van der Waals surface area contributed by atoms with Crippen molar-refractivity contribution in [3.8, 4) is 0 Å². The lowest BCUT2D eigenvalue weighted by molar-refractivity contribution is 0.171. The first-order chi connectivity index (χ1) is 17.9. The molecule has 0 spiro atoms. The number of pyridine rings is 1. The van der Waals surface area contributed by atoms with Crippen molar-refractivity contribution in [2.24, 2.45) is 0 Å². The summed E-state index contributed by atoms with van der Waals surface area (Å²) < 4.78 is 7.02. The van der Waals surface area contributed by atoms with Gasteiger partial charge in [-0.2, -0.15) is 0 Å². The molecule has 1 fully saturated rings. The third-order valence-electron chi connectivity index (χ3n) is 7.28. The van der Waals surface area contributed by atoms with Crippen LogP contribution in [0.4, 0.5) is 5.69 Å². The molecule has 1 atom stereocenters. The summed E-state index contributed by atoms with van der Waals surface area (Å²) in [5.74, 6) is 0.637. The van der Waals surface area contributed by atoms with Gasteiger partial charge in [-0.3, -0.25) is 9.69 Å².